The van der Waals surface area contributed by atoms with Crippen LogP contribution in [0.4, 0.5) is 0 Å². The second kappa shape index (κ2) is 5.48. The molecule has 0 saturated heterocycles. The highest BCUT2D eigenvalue weighted by atomic mass is 16.9. The molecule has 104 valence electrons. The number of nitrogens with zero attached hydrogens (tertiary/aromatic N) is 1. The highest BCUT2D eigenvalue weighted by Gasteiger charge is 2.13. The first-order valence-corrected chi connectivity index (χ1v) is 5.89. The molecule has 0 fully saturated rings. The van der Waals surface area contributed by atoms with Gasteiger partial charge in [-0.3, -0.25) is 0 Å². The van der Waals surface area contributed by atoms with Crippen molar-refractivity contribution in [3.05, 3.63) is 51.6 Å². The number of hydrogen-bond donors (Lipinski definition) is 2. The predicted molar refractivity (Wildman–Crippen MR) is 74.0 cm³/mol. The van der Waals surface area contributed by atoms with Crippen LogP contribution in [0.3, 0.4) is 0 Å². The molecule has 2 rings (SSSR count). The van der Waals surface area contributed by atoms with Crippen molar-refractivity contribution in [3.63, 3.8) is 0 Å². The molecule has 0 amide bonds. The summed E-state index contributed by atoms with van der Waals surface area (Å²) in [6.45, 7) is 1.44. The van der Waals surface area contributed by atoms with Crippen molar-refractivity contribution in [3.8, 4) is 11.5 Å². The quantitative estimate of drug-likeness (QED) is 0.508. The van der Waals surface area contributed by atoms with E-state index in [0.717, 1.165) is 0 Å². The molecule has 6 heteroatoms. The van der Waals surface area contributed by atoms with Crippen LogP contribution in [0.15, 0.2) is 30.3 Å². The van der Waals surface area contributed by atoms with Crippen molar-refractivity contribution < 1.29 is 20.1 Å². The standard InChI is InChI=1S/C14H13NO5/c1-9-10(7-4-8-20-15(18)19)14(17)12-6-3-2-5-11(12)13(9)16/h2-7,16-17H,8H2,1H3/b7-4+. The molecule has 2 N–H and O–H groups in total. The second-order valence-electron chi connectivity index (χ2n) is 4.20. The summed E-state index contributed by atoms with van der Waals surface area (Å²) in [5, 5.41) is 30.6. The summed E-state index contributed by atoms with van der Waals surface area (Å²) in [6, 6.07) is 6.91. The zero-order valence-electron chi connectivity index (χ0n) is 10.7. The van der Waals surface area contributed by atoms with Gasteiger partial charge in [0.2, 0.25) is 0 Å². The maximum absolute atomic E-state index is 10.2. The molecule has 0 aliphatic rings. The van der Waals surface area contributed by atoms with Crippen molar-refractivity contribution in [1.82, 2.24) is 0 Å². The zero-order chi connectivity index (χ0) is 14.7. The lowest BCUT2D eigenvalue weighted by molar-refractivity contribution is -0.755. The summed E-state index contributed by atoms with van der Waals surface area (Å²) in [5.41, 5.74) is 0.909. The fraction of sp³-hybridized carbons (Fsp3) is 0.143. The highest BCUT2D eigenvalue weighted by Crippen LogP contribution is 2.39. The number of aromatic hydroxyl groups is 2. The smallest absolute Gasteiger partial charge is 0.294 e. The maximum Gasteiger partial charge on any atom is 0.294 e. The Labute approximate surface area is 114 Å². The SMILES string of the molecule is Cc1c(/C=C/CO[N+](=O)[O-])c(O)c2ccccc2c1O. The fourth-order valence-electron chi connectivity index (χ4n) is 2.02. The summed E-state index contributed by atoms with van der Waals surface area (Å²) in [5.74, 6) is 0.0986. The van der Waals surface area contributed by atoms with Gasteiger partial charge in [-0.15, -0.1) is 10.1 Å². The van der Waals surface area contributed by atoms with Gasteiger partial charge >= 0.3 is 0 Å². The van der Waals surface area contributed by atoms with Gasteiger partial charge in [-0.1, -0.05) is 36.4 Å². The normalized spacial score (nSPS) is 11.1. The van der Waals surface area contributed by atoms with Crippen LogP contribution >= 0.6 is 0 Å². The topological polar surface area (TPSA) is 92.8 Å². The molecule has 2 aromatic carbocycles. The van der Waals surface area contributed by atoms with Gasteiger partial charge in [0.15, 0.2) is 0 Å². The molecule has 0 bridgehead atoms. The third-order valence-electron chi connectivity index (χ3n) is 3.01. The van der Waals surface area contributed by atoms with E-state index in [1.807, 2.05) is 0 Å². The number of hydrogen-bond acceptors (Lipinski definition) is 5. The first-order valence-electron chi connectivity index (χ1n) is 5.89. The highest BCUT2D eigenvalue weighted by molar-refractivity contribution is 5.97. The Kier molecular flexibility index (Phi) is 3.74. The van der Waals surface area contributed by atoms with E-state index in [-0.39, 0.29) is 18.1 Å². The van der Waals surface area contributed by atoms with Crippen molar-refractivity contribution in [2.75, 3.05) is 6.61 Å². The van der Waals surface area contributed by atoms with E-state index in [1.165, 1.54) is 12.2 Å². The van der Waals surface area contributed by atoms with Crippen LogP contribution < -0.4 is 0 Å². The van der Waals surface area contributed by atoms with Crippen LogP contribution in [-0.2, 0) is 4.84 Å². The molecule has 6 nitrogen and oxygen atoms in total. The average molecular weight is 275 g/mol. The second-order valence-corrected chi connectivity index (χ2v) is 4.20. The van der Waals surface area contributed by atoms with Gasteiger partial charge in [0.1, 0.15) is 18.1 Å². The molecule has 0 radical (unpaired) electrons. The first kappa shape index (κ1) is 13.7. The third-order valence-corrected chi connectivity index (χ3v) is 3.01. The van der Waals surface area contributed by atoms with E-state index in [4.69, 9.17) is 0 Å². The van der Waals surface area contributed by atoms with E-state index < -0.39 is 5.09 Å². The molecule has 0 spiro atoms. The Hall–Kier alpha value is -2.76. The lowest BCUT2D eigenvalue weighted by Gasteiger charge is -2.11. The maximum atomic E-state index is 10.2. The molecule has 0 unspecified atom stereocenters. The molecular weight excluding hydrogens is 262 g/mol. The van der Waals surface area contributed by atoms with E-state index in [2.05, 4.69) is 4.84 Å². The van der Waals surface area contributed by atoms with Crippen LogP contribution in [0.5, 0.6) is 11.5 Å². The Morgan fingerprint density at radius 1 is 1.25 bits per heavy atom. The van der Waals surface area contributed by atoms with Crippen LogP contribution in [-0.4, -0.2) is 21.9 Å². The minimum absolute atomic E-state index is 0.0215. The molecule has 0 aliphatic carbocycles. The Morgan fingerprint density at radius 2 is 1.85 bits per heavy atom. The molecule has 0 heterocycles. The van der Waals surface area contributed by atoms with Crippen LogP contribution in [0, 0.1) is 17.0 Å². The monoisotopic (exact) mass is 275 g/mol. The van der Waals surface area contributed by atoms with Gasteiger partial charge < -0.3 is 15.1 Å². The number of phenolic OH excluding ortho intramolecular Hbond substituents is 2. The van der Waals surface area contributed by atoms with E-state index in [9.17, 15) is 20.3 Å². The van der Waals surface area contributed by atoms with Crippen molar-refractivity contribution in [2.45, 2.75) is 6.92 Å². The molecule has 0 saturated carbocycles. The van der Waals surface area contributed by atoms with Crippen molar-refractivity contribution >= 4 is 16.8 Å². The van der Waals surface area contributed by atoms with E-state index >= 15 is 0 Å². The minimum Gasteiger partial charge on any atom is -0.507 e. The van der Waals surface area contributed by atoms with Crippen LogP contribution in [0.1, 0.15) is 11.1 Å². The number of rotatable bonds is 4. The lowest BCUT2D eigenvalue weighted by Crippen LogP contribution is -1.99. The Balaban J connectivity index is 2.45. The van der Waals surface area contributed by atoms with Gasteiger partial charge in [-0.05, 0) is 6.92 Å². The minimum atomic E-state index is -0.894. The predicted octanol–water partition coefficient (Wildman–Crippen LogP) is 2.78. The van der Waals surface area contributed by atoms with Gasteiger partial charge in [-0.2, -0.15) is 0 Å². The first-order chi connectivity index (χ1) is 9.52. The van der Waals surface area contributed by atoms with Gasteiger partial charge in [0, 0.05) is 21.9 Å². The summed E-state index contributed by atoms with van der Waals surface area (Å²) in [6.07, 6.45) is 2.89. The summed E-state index contributed by atoms with van der Waals surface area (Å²) in [4.78, 5) is 14.2. The largest absolute Gasteiger partial charge is 0.507 e. The van der Waals surface area contributed by atoms with Gasteiger partial charge in [-0.25, -0.2) is 0 Å². The summed E-state index contributed by atoms with van der Waals surface area (Å²) < 4.78 is 0. The van der Waals surface area contributed by atoms with Gasteiger partial charge in [0.05, 0.1) is 0 Å². The zero-order valence-corrected chi connectivity index (χ0v) is 10.7. The van der Waals surface area contributed by atoms with E-state index in [1.54, 1.807) is 31.2 Å². The Morgan fingerprint density at radius 3 is 2.45 bits per heavy atom. The van der Waals surface area contributed by atoms with Gasteiger partial charge in [0.25, 0.3) is 5.09 Å². The number of benzene rings is 2. The number of fused-ring (bicyclic) bond motifs is 1. The fourth-order valence-corrected chi connectivity index (χ4v) is 2.02. The Bertz CT molecular complexity index is 694. The third kappa shape index (κ3) is 2.49. The molecule has 0 aromatic heterocycles. The lowest BCUT2D eigenvalue weighted by atomic mass is 9.98. The molecule has 20 heavy (non-hydrogen) atoms. The molecule has 2 aromatic rings. The van der Waals surface area contributed by atoms with E-state index in [0.29, 0.717) is 21.9 Å². The molecule has 0 atom stereocenters. The van der Waals surface area contributed by atoms with Crippen molar-refractivity contribution in [1.29, 1.82) is 0 Å². The summed E-state index contributed by atoms with van der Waals surface area (Å²) >= 11 is 0. The molecular formula is C14H13NO5. The van der Waals surface area contributed by atoms with Crippen molar-refractivity contribution in [2.24, 2.45) is 0 Å². The van der Waals surface area contributed by atoms with Crippen LogP contribution in [0.25, 0.3) is 16.8 Å². The molecule has 0 aliphatic heterocycles. The summed E-state index contributed by atoms with van der Waals surface area (Å²) in [7, 11) is 0. The van der Waals surface area contributed by atoms with Crippen LogP contribution in [0.2, 0.25) is 0 Å². The average Bonchev–Trinajstić information content (AvgIpc) is 2.44. The number of phenols is 2.